The maximum Gasteiger partial charge on any atom is 0.256 e. The molecule has 1 amide bonds. The Labute approximate surface area is 141 Å². The Kier molecular flexibility index (Phi) is 4.31. The summed E-state index contributed by atoms with van der Waals surface area (Å²) in [6.07, 6.45) is 1.06. The van der Waals surface area contributed by atoms with E-state index in [9.17, 15) is 4.79 Å². The van der Waals surface area contributed by atoms with E-state index in [0.717, 1.165) is 13.0 Å². The van der Waals surface area contributed by atoms with Crippen molar-refractivity contribution in [3.05, 3.63) is 46.2 Å². The van der Waals surface area contributed by atoms with Gasteiger partial charge in [-0.15, -0.1) is 0 Å². The van der Waals surface area contributed by atoms with Gasteiger partial charge in [-0.3, -0.25) is 9.48 Å². The molecule has 0 bridgehead atoms. The summed E-state index contributed by atoms with van der Waals surface area (Å²) >= 11 is 6.15. The van der Waals surface area contributed by atoms with Crippen molar-refractivity contribution < 1.29 is 4.79 Å². The van der Waals surface area contributed by atoms with Gasteiger partial charge in [-0.25, -0.2) is 0 Å². The lowest BCUT2D eigenvalue weighted by atomic mass is 10.1. The zero-order valence-corrected chi connectivity index (χ0v) is 14.4. The second-order valence-electron chi connectivity index (χ2n) is 6.01. The third-order valence-corrected chi connectivity index (χ3v) is 4.83. The zero-order chi connectivity index (χ0) is 16.6. The first-order chi connectivity index (χ1) is 11.0. The van der Waals surface area contributed by atoms with E-state index in [1.54, 1.807) is 14.0 Å². The zero-order valence-electron chi connectivity index (χ0n) is 13.6. The van der Waals surface area contributed by atoms with Crippen LogP contribution < -0.4 is 10.2 Å². The molecule has 0 unspecified atom stereocenters. The van der Waals surface area contributed by atoms with E-state index in [4.69, 9.17) is 11.6 Å². The topological polar surface area (TPSA) is 50.2 Å². The number of anilines is 1. The Morgan fingerprint density at radius 2 is 2.17 bits per heavy atom. The van der Waals surface area contributed by atoms with E-state index in [2.05, 4.69) is 46.5 Å². The van der Waals surface area contributed by atoms with Crippen LogP contribution in [0, 0.1) is 6.92 Å². The van der Waals surface area contributed by atoms with Crippen LogP contribution in [0.15, 0.2) is 24.3 Å². The molecule has 3 rings (SSSR count). The van der Waals surface area contributed by atoms with Gasteiger partial charge >= 0.3 is 0 Å². The summed E-state index contributed by atoms with van der Waals surface area (Å²) in [6.45, 7) is 5.47. The number of para-hydroxylation sites is 1. The predicted octanol–water partition coefficient (Wildman–Crippen LogP) is 2.56. The molecule has 2 heterocycles. The number of rotatable bonds is 4. The normalized spacial score (nSPS) is 14.7. The second kappa shape index (κ2) is 6.24. The van der Waals surface area contributed by atoms with Crippen molar-refractivity contribution in [3.63, 3.8) is 0 Å². The molecular formula is C17H21ClN4O. The third kappa shape index (κ3) is 2.93. The molecule has 6 heteroatoms. The summed E-state index contributed by atoms with van der Waals surface area (Å²) in [6, 6.07) is 8.66. The number of hydrogen-bond acceptors (Lipinski definition) is 3. The standard InChI is InChI=1S/C17H21ClN4O/c1-11(22-9-8-13-6-4-5-7-14(13)22)10-19-17(23)15-12(2)20-21(3)16(15)18/h4-7,11H,8-10H2,1-3H3,(H,19,23)/t11-/m1/s1. The Morgan fingerprint density at radius 1 is 1.43 bits per heavy atom. The summed E-state index contributed by atoms with van der Waals surface area (Å²) in [5.41, 5.74) is 3.75. The Morgan fingerprint density at radius 3 is 2.87 bits per heavy atom. The van der Waals surface area contributed by atoms with Crippen LogP contribution in [-0.4, -0.2) is 34.8 Å². The fourth-order valence-corrected chi connectivity index (χ4v) is 3.41. The predicted molar refractivity (Wildman–Crippen MR) is 92.2 cm³/mol. The van der Waals surface area contributed by atoms with E-state index < -0.39 is 0 Å². The number of fused-ring (bicyclic) bond motifs is 1. The molecule has 0 radical (unpaired) electrons. The highest BCUT2D eigenvalue weighted by atomic mass is 35.5. The molecule has 1 aromatic heterocycles. The van der Waals surface area contributed by atoms with Crippen LogP contribution >= 0.6 is 11.6 Å². The maximum absolute atomic E-state index is 12.4. The summed E-state index contributed by atoms with van der Waals surface area (Å²) in [4.78, 5) is 14.7. The van der Waals surface area contributed by atoms with Gasteiger partial charge in [0.2, 0.25) is 0 Å². The largest absolute Gasteiger partial charge is 0.366 e. The third-order valence-electron chi connectivity index (χ3n) is 4.39. The number of nitrogens with zero attached hydrogens (tertiary/aromatic N) is 3. The Hall–Kier alpha value is -2.01. The monoisotopic (exact) mass is 332 g/mol. The number of benzene rings is 1. The van der Waals surface area contributed by atoms with E-state index in [1.807, 2.05) is 0 Å². The van der Waals surface area contributed by atoms with E-state index >= 15 is 0 Å². The summed E-state index contributed by atoms with van der Waals surface area (Å²) in [7, 11) is 1.73. The molecule has 0 aliphatic carbocycles. The molecule has 0 saturated carbocycles. The molecule has 23 heavy (non-hydrogen) atoms. The van der Waals surface area contributed by atoms with Gasteiger partial charge in [-0.1, -0.05) is 29.8 Å². The van der Waals surface area contributed by atoms with Crippen LogP contribution in [0.3, 0.4) is 0 Å². The molecular weight excluding hydrogens is 312 g/mol. The van der Waals surface area contributed by atoms with Crippen molar-refractivity contribution in [1.82, 2.24) is 15.1 Å². The molecule has 5 nitrogen and oxygen atoms in total. The van der Waals surface area contributed by atoms with E-state index in [1.165, 1.54) is 15.9 Å². The number of amides is 1. The molecule has 2 aromatic rings. The molecule has 1 aliphatic rings. The maximum atomic E-state index is 12.4. The van der Waals surface area contributed by atoms with Crippen LogP contribution in [-0.2, 0) is 13.5 Å². The minimum absolute atomic E-state index is 0.167. The highest BCUT2D eigenvalue weighted by Gasteiger charge is 2.24. The van der Waals surface area contributed by atoms with Crippen LogP contribution in [0.5, 0.6) is 0 Å². The average Bonchev–Trinajstić information content (AvgIpc) is 3.06. The lowest BCUT2D eigenvalue weighted by Crippen LogP contribution is -2.41. The van der Waals surface area contributed by atoms with Gasteiger partial charge < -0.3 is 10.2 Å². The Balaban J connectivity index is 1.66. The van der Waals surface area contributed by atoms with Crippen molar-refractivity contribution >= 4 is 23.2 Å². The minimum Gasteiger partial charge on any atom is -0.366 e. The van der Waals surface area contributed by atoms with Crippen molar-refractivity contribution in [2.24, 2.45) is 7.05 Å². The van der Waals surface area contributed by atoms with E-state index in [0.29, 0.717) is 23.0 Å². The van der Waals surface area contributed by atoms with Crippen molar-refractivity contribution in [1.29, 1.82) is 0 Å². The van der Waals surface area contributed by atoms with Gasteiger partial charge in [0, 0.05) is 31.9 Å². The number of aromatic nitrogens is 2. The summed E-state index contributed by atoms with van der Waals surface area (Å²) in [5, 5.41) is 7.54. The minimum atomic E-state index is -0.167. The molecule has 1 atom stereocenters. The molecule has 1 aromatic carbocycles. The average molecular weight is 333 g/mol. The van der Waals surface area contributed by atoms with Crippen LogP contribution in [0.2, 0.25) is 5.15 Å². The van der Waals surface area contributed by atoms with Gasteiger partial charge in [0.25, 0.3) is 5.91 Å². The Bertz CT molecular complexity index is 740. The second-order valence-corrected chi connectivity index (χ2v) is 6.36. The molecule has 122 valence electrons. The SMILES string of the molecule is Cc1nn(C)c(Cl)c1C(=O)NC[C@@H](C)N1CCc2ccccc21. The number of carbonyl (C=O) groups excluding carboxylic acids is 1. The number of hydrogen-bond donors (Lipinski definition) is 1. The summed E-state index contributed by atoms with van der Waals surface area (Å²) in [5.74, 6) is -0.167. The number of carbonyl (C=O) groups is 1. The van der Waals surface area contributed by atoms with Gasteiger partial charge in [0.1, 0.15) is 5.15 Å². The molecule has 0 spiro atoms. The highest BCUT2D eigenvalue weighted by Crippen LogP contribution is 2.29. The van der Waals surface area contributed by atoms with Gasteiger partial charge in [0.15, 0.2) is 0 Å². The fraction of sp³-hybridized carbons (Fsp3) is 0.412. The highest BCUT2D eigenvalue weighted by molar-refractivity contribution is 6.33. The molecule has 0 saturated heterocycles. The summed E-state index contributed by atoms with van der Waals surface area (Å²) < 4.78 is 1.52. The first-order valence-corrected chi connectivity index (χ1v) is 8.18. The first kappa shape index (κ1) is 15.9. The lowest BCUT2D eigenvalue weighted by Gasteiger charge is -2.27. The fourth-order valence-electron chi connectivity index (χ4n) is 3.15. The van der Waals surface area contributed by atoms with Gasteiger partial charge in [-0.05, 0) is 31.9 Å². The first-order valence-electron chi connectivity index (χ1n) is 7.81. The lowest BCUT2D eigenvalue weighted by molar-refractivity contribution is 0.0951. The molecule has 1 aliphatic heterocycles. The van der Waals surface area contributed by atoms with Gasteiger partial charge in [-0.2, -0.15) is 5.10 Å². The number of aryl methyl sites for hydroxylation is 2. The van der Waals surface area contributed by atoms with Crippen molar-refractivity contribution in [2.75, 3.05) is 18.0 Å². The smallest absolute Gasteiger partial charge is 0.256 e. The quantitative estimate of drug-likeness (QED) is 0.936. The van der Waals surface area contributed by atoms with Crippen molar-refractivity contribution in [2.45, 2.75) is 26.3 Å². The molecule has 0 fully saturated rings. The van der Waals surface area contributed by atoms with Gasteiger partial charge in [0.05, 0.1) is 11.3 Å². The van der Waals surface area contributed by atoms with Crippen LogP contribution in [0.1, 0.15) is 28.5 Å². The van der Waals surface area contributed by atoms with Crippen LogP contribution in [0.4, 0.5) is 5.69 Å². The number of halogens is 1. The van der Waals surface area contributed by atoms with E-state index in [-0.39, 0.29) is 11.9 Å². The number of nitrogens with one attached hydrogen (secondary N) is 1. The molecule has 1 N–H and O–H groups in total. The van der Waals surface area contributed by atoms with Crippen molar-refractivity contribution in [3.8, 4) is 0 Å². The van der Waals surface area contributed by atoms with Crippen LogP contribution in [0.25, 0.3) is 0 Å².